The van der Waals surface area contributed by atoms with Crippen LogP contribution in [-0.4, -0.2) is 42.5 Å². The Morgan fingerprint density at radius 1 is 1.12 bits per heavy atom. The van der Waals surface area contributed by atoms with Crippen LogP contribution >= 0.6 is 11.3 Å². The molecule has 3 rings (SSSR count). The van der Waals surface area contributed by atoms with Gasteiger partial charge in [0.1, 0.15) is 6.61 Å². The molecule has 0 saturated carbocycles. The van der Waals surface area contributed by atoms with Crippen LogP contribution in [0.4, 0.5) is 18.0 Å². The lowest BCUT2D eigenvalue weighted by Gasteiger charge is -2.31. The molecule has 182 valence electrons. The smallest absolute Gasteiger partial charge is 0.422 e. The van der Waals surface area contributed by atoms with Gasteiger partial charge in [-0.05, 0) is 23.9 Å². The Balaban J connectivity index is 1.85. The highest BCUT2D eigenvalue weighted by Crippen LogP contribution is 2.41. The van der Waals surface area contributed by atoms with Crippen molar-refractivity contribution in [2.75, 3.05) is 13.2 Å². The summed E-state index contributed by atoms with van der Waals surface area (Å²) in [5.41, 5.74) is -4.20. The fourth-order valence-corrected chi connectivity index (χ4v) is 4.13. The van der Waals surface area contributed by atoms with Crippen LogP contribution in [0.15, 0.2) is 59.1 Å². The number of benzene rings is 1. The molecule has 8 nitrogen and oxygen atoms in total. The summed E-state index contributed by atoms with van der Waals surface area (Å²) in [6, 6.07) is 7.91. The van der Waals surface area contributed by atoms with Gasteiger partial charge in [0, 0.05) is 4.88 Å². The molecule has 1 aliphatic heterocycles. The molecule has 2 heterocycles. The Kier molecular flexibility index (Phi) is 7.62. The second kappa shape index (κ2) is 10.3. The van der Waals surface area contributed by atoms with E-state index in [-0.39, 0.29) is 17.9 Å². The number of urea groups is 1. The average Bonchev–Trinajstić information content (AvgIpc) is 3.32. The summed E-state index contributed by atoms with van der Waals surface area (Å²) in [4.78, 5) is 37.7. The van der Waals surface area contributed by atoms with Gasteiger partial charge in [0.25, 0.3) is 0 Å². The van der Waals surface area contributed by atoms with Crippen molar-refractivity contribution in [3.63, 3.8) is 0 Å². The number of alkyl halides is 3. The van der Waals surface area contributed by atoms with Crippen LogP contribution < -0.4 is 10.6 Å². The van der Waals surface area contributed by atoms with E-state index in [0.29, 0.717) is 4.88 Å². The molecule has 1 aromatic heterocycles. The SMILES string of the molecule is CCOC(=O)C1=C(COC(=O)C[C@](O)(c2ccccc2)C(F)(F)F)NC(=O)N[C@H]1c1cccs1. The van der Waals surface area contributed by atoms with Crippen molar-refractivity contribution >= 4 is 29.3 Å². The average molecular weight is 498 g/mol. The number of ether oxygens (including phenoxy) is 2. The molecule has 1 aliphatic rings. The molecule has 0 fully saturated rings. The highest BCUT2D eigenvalue weighted by atomic mass is 32.1. The van der Waals surface area contributed by atoms with E-state index < -0.39 is 54.4 Å². The molecule has 3 N–H and O–H groups in total. The van der Waals surface area contributed by atoms with E-state index in [0.717, 1.165) is 12.1 Å². The molecule has 0 spiro atoms. The maximum atomic E-state index is 13.7. The lowest BCUT2D eigenvalue weighted by molar-refractivity contribution is -0.269. The van der Waals surface area contributed by atoms with Crippen LogP contribution in [0.1, 0.15) is 29.8 Å². The monoisotopic (exact) mass is 498 g/mol. The standard InChI is InChI=1S/C22H21F3N2O6S/c1-2-32-19(29)17-14(26-20(30)27-18(17)15-9-6-10-34-15)12-33-16(28)11-21(31,22(23,24)25)13-7-4-3-5-8-13/h3-10,18,31H,2,11-12H2,1H3,(H2,26,27,30)/t18-,21-/m0/s1. The maximum Gasteiger partial charge on any atom is 0.422 e. The molecule has 0 saturated heterocycles. The highest BCUT2D eigenvalue weighted by Gasteiger charge is 2.56. The summed E-state index contributed by atoms with van der Waals surface area (Å²) < 4.78 is 51.0. The van der Waals surface area contributed by atoms with Crippen molar-refractivity contribution in [3.05, 3.63) is 69.6 Å². The van der Waals surface area contributed by atoms with Crippen molar-refractivity contribution in [2.24, 2.45) is 0 Å². The zero-order chi connectivity index (χ0) is 24.9. The number of carbonyl (C=O) groups excluding carboxylic acids is 3. The number of esters is 2. The van der Waals surface area contributed by atoms with Crippen molar-refractivity contribution in [1.82, 2.24) is 10.6 Å². The van der Waals surface area contributed by atoms with E-state index in [1.54, 1.807) is 24.4 Å². The van der Waals surface area contributed by atoms with Gasteiger partial charge in [0.05, 0.1) is 30.3 Å². The molecule has 12 heteroatoms. The number of hydrogen-bond donors (Lipinski definition) is 3. The largest absolute Gasteiger partial charge is 0.463 e. The van der Waals surface area contributed by atoms with E-state index in [1.165, 1.54) is 29.5 Å². The molecule has 0 bridgehead atoms. The van der Waals surface area contributed by atoms with Crippen LogP contribution in [0.25, 0.3) is 0 Å². The van der Waals surface area contributed by atoms with Crippen molar-refractivity contribution in [2.45, 2.75) is 31.2 Å². The van der Waals surface area contributed by atoms with Crippen molar-refractivity contribution in [3.8, 4) is 0 Å². The summed E-state index contributed by atoms with van der Waals surface area (Å²) in [5, 5.41) is 17.0. The quantitative estimate of drug-likeness (QED) is 0.482. The molecular weight excluding hydrogens is 477 g/mol. The second-order valence-electron chi connectivity index (χ2n) is 7.22. The Bertz CT molecular complexity index is 1070. The molecule has 0 radical (unpaired) electrons. The Labute approximate surface area is 196 Å². The lowest BCUT2D eigenvalue weighted by Crippen LogP contribution is -2.47. The minimum Gasteiger partial charge on any atom is -0.463 e. The summed E-state index contributed by atoms with van der Waals surface area (Å²) in [7, 11) is 0. The van der Waals surface area contributed by atoms with Crippen LogP contribution in [-0.2, 0) is 24.7 Å². The topological polar surface area (TPSA) is 114 Å². The van der Waals surface area contributed by atoms with E-state index in [9.17, 15) is 32.7 Å². The summed E-state index contributed by atoms with van der Waals surface area (Å²) in [6.07, 6.45) is -6.60. The molecule has 1 aromatic carbocycles. The van der Waals surface area contributed by atoms with Gasteiger partial charge in [-0.3, -0.25) is 4.79 Å². The van der Waals surface area contributed by atoms with Crippen molar-refractivity contribution < 1.29 is 42.1 Å². The van der Waals surface area contributed by atoms with Gasteiger partial charge in [-0.2, -0.15) is 13.2 Å². The first-order chi connectivity index (χ1) is 16.1. The van der Waals surface area contributed by atoms with E-state index >= 15 is 0 Å². The number of aliphatic hydroxyl groups is 1. The fourth-order valence-electron chi connectivity index (χ4n) is 3.34. The first kappa shape index (κ1) is 25.2. The summed E-state index contributed by atoms with van der Waals surface area (Å²) in [5.74, 6) is -2.18. The number of nitrogens with one attached hydrogen (secondary N) is 2. The number of thiophene rings is 1. The van der Waals surface area contributed by atoms with Gasteiger partial charge in [0.2, 0.25) is 0 Å². The normalized spacial score (nSPS) is 17.9. The molecular formula is C22H21F3N2O6S. The van der Waals surface area contributed by atoms with Gasteiger partial charge in [-0.25, -0.2) is 9.59 Å². The predicted octanol–water partition coefficient (Wildman–Crippen LogP) is 3.30. The van der Waals surface area contributed by atoms with Crippen LogP contribution in [0.2, 0.25) is 0 Å². The molecule has 2 amide bonds. The molecule has 2 aromatic rings. The zero-order valence-corrected chi connectivity index (χ0v) is 18.7. The van der Waals surface area contributed by atoms with Crippen molar-refractivity contribution in [1.29, 1.82) is 0 Å². The number of rotatable bonds is 8. The van der Waals surface area contributed by atoms with Gasteiger partial charge in [0.15, 0.2) is 5.60 Å². The number of amides is 2. The maximum absolute atomic E-state index is 13.7. The molecule has 0 aliphatic carbocycles. The Hall–Kier alpha value is -3.38. The van der Waals surface area contributed by atoms with Gasteiger partial charge >= 0.3 is 24.1 Å². The molecule has 2 atom stereocenters. The van der Waals surface area contributed by atoms with Crippen LogP contribution in [0.3, 0.4) is 0 Å². The van der Waals surface area contributed by atoms with Gasteiger partial charge in [-0.1, -0.05) is 36.4 Å². The second-order valence-corrected chi connectivity index (χ2v) is 8.20. The van der Waals surface area contributed by atoms with E-state index in [4.69, 9.17) is 9.47 Å². The van der Waals surface area contributed by atoms with Crippen LogP contribution in [0.5, 0.6) is 0 Å². The predicted molar refractivity (Wildman–Crippen MR) is 114 cm³/mol. The van der Waals surface area contributed by atoms with E-state index in [2.05, 4.69) is 10.6 Å². The summed E-state index contributed by atoms with van der Waals surface area (Å²) in [6.45, 7) is 0.885. The first-order valence-electron chi connectivity index (χ1n) is 10.1. The third kappa shape index (κ3) is 5.39. The lowest BCUT2D eigenvalue weighted by atomic mass is 9.90. The molecule has 0 unspecified atom stereocenters. The van der Waals surface area contributed by atoms with Gasteiger partial charge < -0.3 is 25.2 Å². The number of carbonyl (C=O) groups is 3. The Morgan fingerprint density at radius 3 is 2.41 bits per heavy atom. The first-order valence-corrected chi connectivity index (χ1v) is 11.0. The van der Waals surface area contributed by atoms with Crippen LogP contribution in [0, 0.1) is 0 Å². The minimum atomic E-state index is -5.17. The number of halogens is 3. The van der Waals surface area contributed by atoms with Gasteiger partial charge in [-0.15, -0.1) is 11.3 Å². The third-order valence-electron chi connectivity index (χ3n) is 4.97. The van der Waals surface area contributed by atoms with E-state index in [1.807, 2.05) is 0 Å². The highest BCUT2D eigenvalue weighted by molar-refractivity contribution is 7.10. The Morgan fingerprint density at radius 2 is 1.82 bits per heavy atom. The molecule has 34 heavy (non-hydrogen) atoms. The third-order valence-corrected chi connectivity index (χ3v) is 5.91. The summed E-state index contributed by atoms with van der Waals surface area (Å²) >= 11 is 1.26. The minimum absolute atomic E-state index is 0.0240. The number of hydrogen-bond acceptors (Lipinski definition) is 7. The fraction of sp³-hybridized carbons (Fsp3) is 0.318. The zero-order valence-electron chi connectivity index (χ0n) is 17.8.